The molecule has 3 rings (SSSR count). The monoisotopic (exact) mass is 288 g/mol. The molecule has 21 heavy (non-hydrogen) atoms. The number of carbonyl (C=O) groups is 1. The van der Waals surface area contributed by atoms with Crippen molar-refractivity contribution >= 4 is 5.91 Å². The number of nitrogens with zero attached hydrogens (tertiary/aromatic N) is 2. The van der Waals surface area contributed by atoms with Crippen molar-refractivity contribution in [3.05, 3.63) is 35.9 Å². The summed E-state index contributed by atoms with van der Waals surface area (Å²) >= 11 is 0. The first-order valence-corrected chi connectivity index (χ1v) is 7.96. The van der Waals surface area contributed by atoms with Crippen molar-refractivity contribution in [2.45, 2.75) is 18.8 Å². The lowest BCUT2D eigenvalue weighted by Crippen LogP contribution is -2.47. The van der Waals surface area contributed by atoms with Crippen molar-refractivity contribution < 1.29 is 9.53 Å². The molecule has 4 heteroatoms. The lowest BCUT2D eigenvalue weighted by atomic mass is 9.89. The van der Waals surface area contributed by atoms with Crippen molar-refractivity contribution in [1.82, 2.24) is 9.80 Å². The van der Waals surface area contributed by atoms with E-state index >= 15 is 0 Å². The van der Waals surface area contributed by atoms with Gasteiger partial charge in [0.25, 0.3) is 0 Å². The molecular weight excluding hydrogens is 264 g/mol. The van der Waals surface area contributed by atoms with Crippen molar-refractivity contribution in [3.63, 3.8) is 0 Å². The highest BCUT2D eigenvalue weighted by Gasteiger charge is 2.24. The van der Waals surface area contributed by atoms with Crippen LogP contribution in [-0.4, -0.2) is 61.6 Å². The fraction of sp³-hybridized carbons (Fsp3) is 0.588. The first-order chi connectivity index (χ1) is 10.3. The molecule has 0 radical (unpaired) electrons. The Labute approximate surface area is 126 Å². The van der Waals surface area contributed by atoms with Crippen LogP contribution in [0.25, 0.3) is 0 Å². The second-order valence-corrected chi connectivity index (χ2v) is 5.95. The standard InChI is InChI=1S/C17H24N2O2/c20-17(19-10-12-21-13-11-19)14-18-8-6-16(7-9-18)15-4-2-1-3-5-15/h1-5,16H,6-14H2. The summed E-state index contributed by atoms with van der Waals surface area (Å²) in [6, 6.07) is 10.7. The van der Waals surface area contributed by atoms with Gasteiger partial charge >= 0.3 is 0 Å². The molecule has 4 nitrogen and oxygen atoms in total. The summed E-state index contributed by atoms with van der Waals surface area (Å²) in [5, 5.41) is 0. The highest BCUT2D eigenvalue weighted by molar-refractivity contribution is 5.78. The van der Waals surface area contributed by atoms with E-state index in [4.69, 9.17) is 4.74 Å². The van der Waals surface area contributed by atoms with Gasteiger partial charge in [-0.25, -0.2) is 0 Å². The largest absolute Gasteiger partial charge is 0.378 e. The third kappa shape index (κ3) is 3.83. The molecule has 2 heterocycles. The van der Waals surface area contributed by atoms with E-state index in [0.717, 1.165) is 39.0 Å². The molecule has 114 valence electrons. The molecule has 2 fully saturated rings. The maximum absolute atomic E-state index is 12.2. The Morgan fingerprint density at radius 3 is 2.38 bits per heavy atom. The fourth-order valence-corrected chi connectivity index (χ4v) is 3.25. The van der Waals surface area contributed by atoms with Crippen LogP contribution in [0.3, 0.4) is 0 Å². The topological polar surface area (TPSA) is 32.8 Å². The third-order valence-corrected chi connectivity index (χ3v) is 4.58. The number of hydrogen-bond acceptors (Lipinski definition) is 3. The van der Waals surface area contributed by atoms with Crippen LogP contribution in [0, 0.1) is 0 Å². The van der Waals surface area contributed by atoms with Crippen LogP contribution in [0.4, 0.5) is 0 Å². The van der Waals surface area contributed by atoms with E-state index in [9.17, 15) is 4.79 Å². The van der Waals surface area contributed by atoms with Crippen LogP contribution in [0.1, 0.15) is 24.3 Å². The van der Waals surface area contributed by atoms with E-state index in [-0.39, 0.29) is 5.91 Å². The van der Waals surface area contributed by atoms with E-state index in [1.165, 1.54) is 5.56 Å². The summed E-state index contributed by atoms with van der Waals surface area (Å²) in [4.78, 5) is 16.5. The predicted octanol–water partition coefficient (Wildman–Crippen LogP) is 1.72. The van der Waals surface area contributed by atoms with E-state index < -0.39 is 0 Å². The van der Waals surface area contributed by atoms with Crippen molar-refractivity contribution in [1.29, 1.82) is 0 Å². The summed E-state index contributed by atoms with van der Waals surface area (Å²) in [5.41, 5.74) is 1.44. The van der Waals surface area contributed by atoms with E-state index in [1.54, 1.807) is 0 Å². The van der Waals surface area contributed by atoms with Crippen molar-refractivity contribution in [2.75, 3.05) is 45.9 Å². The van der Waals surface area contributed by atoms with Gasteiger partial charge in [-0.1, -0.05) is 30.3 Å². The molecule has 2 aliphatic heterocycles. The number of piperidine rings is 1. The first-order valence-electron chi connectivity index (χ1n) is 7.96. The number of carbonyl (C=O) groups excluding carboxylic acids is 1. The molecule has 0 atom stereocenters. The summed E-state index contributed by atoms with van der Waals surface area (Å²) < 4.78 is 5.30. The van der Waals surface area contributed by atoms with Crippen LogP contribution in [0.5, 0.6) is 0 Å². The molecule has 0 N–H and O–H groups in total. The third-order valence-electron chi connectivity index (χ3n) is 4.58. The molecule has 0 aliphatic carbocycles. The van der Waals surface area contributed by atoms with Crippen LogP contribution < -0.4 is 0 Å². The number of likely N-dealkylation sites (tertiary alicyclic amines) is 1. The van der Waals surface area contributed by atoms with E-state index in [2.05, 4.69) is 35.2 Å². The highest BCUT2D eigenvalue weighted by Crippen LogP contribution is 2.27. The maximum atomic E-state index is 12.2. The second-order valence-electron chi connectivity index (χ2n) is 5.95. The van der Waals surface area contributed by atoms with Crippen LogP contribution >= 0.6 is 0 Å². The predicted molar refractivity (Wildman–Crippen MR) is 82.3 cm³/mol. The maximum Gasteiger partial charge on any atom is 0.236 e. The number of benzene rings is 1. The summed E-state index contributed by atoms with van der Waals surface area (Å²) in [6.45, 7) is 5.48. The van der Waals surface area contributed by atoms with Gasteiger partial charge in [0.05, 0.1) is 19.8 Å². The number of hydrogen-bond donors (Lipinski definition) is 0. The molecule has 1 amide bonds. The summed E-state index contributed by atoms with van der Waals surface area (Å²) in [5.74, 6) is 0.914. The van der Waals surface area contributed by atoms with Gasteiger partial charge in [-0.3, -0.25) is 9.69 Å². The average Bonchev–Trinajstić information content (AvgIpc) is 2.57. The van der Waals surface area contributed by atoms with Gasteiger partial charge in [0.1, 0.15) is 0 Å². The Balaban J connectivity index is 1.46. The number of ether oxygens (including phenoxy) is 1. The second kappa shape index (κ2) is 7.05. The zero-order valence-electron chi connectivity index (χ0n) is 12.5. The minimum absolute atomic E-state index is 0.261. The van der Waals surface area contributed by atoms with Crippen LogP contribution in [0.2, 0.25) is 0 Å². The smallest absolute Gasteiger partial charge is 0.236 e. The molecular formula is C17H24N2O2. The molecule has 0 saturated carbocycles. The highest BCUT2D eigenvalue weighted by atomic mass is 16.5. The number of amides is 1. The number of rotatable bonds is 3. The van der Waals surface area contributed by atoms with Gasteiger partial charge < -0.3 is 9.64 Å². The van der Waals surface area contributed by atoms with Gasteiger partial charge in [-0.05, 0) is 37.4 Å². The van der Waals surface area contributed by atoms with Crippen molar-refractivity contribution in [3.8, 4) is 0 Å². The zero-order chi connectivity index (χ0) is 14.5. The lowest BCUT2D eigenvalue weighted by molar-refractivity contribution is -0.136. The van der Waals surface area contributed by atoms with Crippen LogP contribution in [-0.2, 0) is 9.53 Å². The lowest BCUT2D eigenvalue weighted by Gasteiger charge is -2.34. The molecule has 2 aliphatic rings. The van der Waals surface area contributed by atoms with Gasteiger partial charge in [0.2, 0.25) is 5.91 Å². The summed E-state index contributed by atoms with van der Waals surface area (Å²) in [6.07, 6.45) is 2.31. The number of morpholine rings is 1. The molecule has 0 spiro atoms. The Morgan fingerprint density at radius 2 is 1.71 bits per heavy atom. The fourth-order valence-electron chi connectivity index (χ4n) is 3.25. The van der Waals surface area contributed by atoms with Crippen molar-refractivity contribution in [2.24, 2.45) is 0 Å². The molecule has 1 aromatic carbocycles. The Bertz CT molecular complexity index is 449. The van der Waals surface area contributed by atoms with E-state index in [0.29, 0.717) is 25.7 Å². The van der Waals surface area contributed by atoms with Crippen LogP contribution in [0.15, 0.2) is 30.3 Å². The average molecular weight is 288 g/mol. The zero-order valence-corrected chi connectivity index (χ0v) is 12.5. The first kappa shape index (κ1) is 14.5. The molecule has 2 saturated heterocycles. The Kier molecular flexibility index (Phi) is 4.88. The van der Waals surface area contributed by atoms with Gasteiger partial charge in [-0.15, -0.1) is 0 Å². The Morgan fingerprint density at radius 1 is 1.05 bits per heavy atom. The SMILES string of the molecule is O=C(CN1CCC(c2ccccc2)CC1)N1CCOCC1. The molecule has 1 aromatic rings. The molecule has 0 unspecified atom stereocenters. The Hall–Kier alpha value is -1.39. The molecule has 0 aromatic heterocycles. The van der Waals surface area contributed by atoms with Gasteiger partial charge in [0, 0.05) is 13.1 Å². The quantitative estimate of drug-likeness (QED) is 0.849. The minimum atomic E-state index is 0.261. The minimum Gasteiger partial charge on any atom is -0.378 e. The van der Waals surface area contributed by atoms with E-state index in [1.807, 2.05) is 4.90 Å². The van der Waals surface area contributed by atoms with Gasteiger partial charge in [0.15, 0.2) is 0 Å². The normalized spacial score (nSPS) is 21.4. The van der Waals surface area contributed by atoms with Gasteiger partial charge in [-0.2, -0.15) is 0 Å². The summed E-state index contributed by atoms with van der Waals surface area (Å²) in [7, 11) is 0. The molecule has 0 bridgehead atoms.